The number of aryl methyl sites for hydroxylation is 3. The Morgan fingerprint density at radius 3 is 2.60 bits per heavy atom. The average molecular weight is 299 g/mol. The standard InChI is InChI=1S/C11H17N5O3S/c1-6-8(3)19-10(14-6)5-13-20(17,18)11-7(2)15-16-9(11)4-12/h13H,4-5,12H2,1-3H3,(H,15,16). The van der Waals surface area contributed by atoms with Gasteiger partial charge in [0.1, 0.15) is 10.7 Å². The molecular formula is C11H17N5O3S. The predicted molar refractivity (Wildman–Crippen MR) is 71.2 cm³/mol. The molecule has 0 aromatic carbocycles. The Balaban J connectivity index is 2.21. The van der Waals surface area contributed by atoms with Gasteiger partial charge in [-0.15, -0.1) is 0 Å². The SMILES string of the molecule is Cc1nc(CNS(=O)(=O)c2c(CN)n[nH]c2C)oc1C. The van der Waals surface area contributed by atoms with Gasteiger partial charge in [0.25, 0.3) is 0 Å². The lowest BCUT2D eigenvalue weighted by molar-refractivity contribution is 0.463. The highest BCUT2D eigenvalue weighted by molar-refractivity contribution is 7.89. The number of nitrogens with two attached hydrogens (primary N) is 1. The van der Waals surface area contributed by atoms with Crippen LogP contribution in [0.25, 0.3) is 0 Å². The molecule has 2 aromatic heterocycles. The van der Waals surface area contributed by atoms with Crippen LogP contribution in [0.1, 0.15) is 28.7 Å². The largest absolute Gasteiger partial charge is 0.444 e. The highest BCUT2D eigenvalue weighted by Gasteiger charge is 2.24. The Bertz CT molecular complexity index is 697. The molecule has 2 heterocycles. The Labute approximate surface area is 116 Å². The van der Waals surface area contributed by atoms with Crippen molar-refractivity contribution in [3.05, 3.63) is 28.7 Å². The summed E-state index contributed by atoms with van der Waals surface area (Å²) in [6, 6.07) is 0. The first kappa shape index (κ1) is 14.7. The number of nitrogens with zero attached hydrogens (tertiary/aromatic N) is 2. The van der Waals surface area contributed by atoms with Gasteiger partial charge in [-0.1, -0.05) is 0 Å². The van der Waals surface area contributed by atoms with Gasteiger partial charge in [0, 0.05) is 6.54 Å². The first-order valence-corrected chi connectivity index (χ1v) is 7.50. The van der Waals surface area contributed by atoms with Crippen LogP contribution in [0.2, 0.25) is 0 Å². The smallest absolute Gasteiger partial charge is 0.244 e. The lowest BCUT2D eigenvalue weighted by atomic mass is 10.4. The molecule has 0 radical (unpaired) electrons. The molecule has 0 fully saturated rings. The second kappa shape index (κ2) is 5.35. The molecule has 0 aliphatic heterocycles. The third kappa shape index (κ3) is 2.74. The number of sulfonamides is 1. The van der Waals surface area contributed by atoms with Gasteiger partial charge in [0.2, 0.25) is 15.9 Å². The van der Waals surface area contributed by atoms with E-state index in [1.54, 1.807) is 20.8 Å². The van der Waals surface area contributed by atoms with E-state index in [0.717, 1.165) is 5.69 Å². The molecule has 0 atom stereocenters. The van der Waals surface area contributed by atoms with E-state index in [1.165, 1.54) is 0 Å². The molecule has 0 aliphatic rings. The monoisotopic (exact) mass is 299 g/mol. The van der Waals surface area contributed by atoms with Crippen molar-refractivity contribution in [1.29, 1.82) is 0 Å². The molecule has 2 rings (SSSR count). The van der Waals surface area contributed by atoms with Crippen LogP contribution in [0.5, 0.6) is 0 Å². The summed E-state index contributed by atoms with van der Waals surface area (Å²) in [6.45, 7) is 5.21. The van der Waals surface area contributed by atoms with Crippen molar-refractivity contribution in [2.75, 3.05) is 0 Å². The maximum atomic E-state index is 12.3. The van der Waals surface area contributed by atoms with Gasteiger partial charge >= 0.3 is 0 Å². The van der Waals surface area contributed by atoms with Gasteiger partial charge in [-0.2, -0.15) is 5.10 Å². The van der Waals surface area contributed by atoms with Crippen molar-refractivity contribution < 1.29 is 12.8 Å². The molecule has 0 unspecified atom stereocenters. The number of H-pyrrole nitrogens is 1. The van der Waals surface area contributed by atoms with Gasteiger partial charge < -0.3 is 10.2 Å². The van der Waals surface area contributed by atoms with Crippen LogP contribution in [-0.2, 0) is 23.1 Å². The fraction of sp³-hybridized carbons (Fsp3) is 0.455. The van der Waals surface area contributed by atoms with Crippen LogP contribution >= 0.6 is 0 Å². The van der Waals surface area contributed by atoms with Crippen molar-refractivity contribution in [3.8, 4) is 0 Å². The second-order valence-electron chi connectivity index (χ2n) is 4.40. The minimum Gasteiger partial charge on any atom is -0.444 e. The summed E-state index contributed by atoms with van der Waals surface area (Å²) < 4.78 is 32.3. The number of nitrogens with one attached hydrogen (secondary N) is 2. The maximum Gasteiger partial charge on any atom is 0.244 e. The van der Waals surface area contributed by atoms with Gasteiger partial charge in [0.15, 0.2) is 0 Å². The average Bonchev–Trinajstić information content (AvgIpc) is 2.91. The highest BCUT2D eigenvalue weighted by atomic mass is 32.2. The van der Waals surface area contributed by atoms with Crippen LogP contribution in [0, 0.1) is 20.8 Å². The van der Waals surface area contributed by atoms with Crippen LogP contribution in [0.3, 0.4) is 0 Å². The second-order valence-corrected chi connectivity index (χ2v) is 6.11. The summed E-state index contributed by atoms with van der Waals surface area (Å²) in [4.78, 5) is 4.20. The normalized spacial score (nSPS) is 12.0. The summed E-state index contributed by atoms with van der Waals surface area (Å²) in [7, 11) is -3.72. The fourth-order valence-electron chi connectivity index (χ4n) is 1.81. The molecule has 0 amide bonds. The molecule has 8 nitrogen and oxygen atoms in total. The van der Waals surface area contributed by atoms with Crippen LogP contribution in [-0.4, -0.2) is 23.6 Å². The first-order chi connectivity index (χ1) is 9.35. The van der Waals surface area contributed by atoms with E-state index in [2.05, 4.69) is 19.9 Å². The van der Waals surface area contributed by atoms with Crippen molar-refractivity contribution in [2.24, 2.45) is 5.73 Å². The highest BCUT2D eigenvalue weighted by Crippen LogP contribution is 2.17. The Morgan fingerprint density at radius 1 is 1.35 bits per heavy atom. The molecule has 110 valence electrons. The number of hydrogen-bond donors (Lipinski definition) is 3. The van der Waals surface area contributed by atoms with Crippen molar-refractivity contribution in [1.82, 2.24) is 19.9 Å². The molecule has 20 heavy (non-hydrogen) atoms. The molecular weight excluding hydrogens is 282 g/mol. The zero-order valence-electron chi connectivity index (χ0n) is 11.5. The minimum absolute atomic E-state index is 0.0222. The summed E-state index contributed by atoms with van der Waals surface area (Å²) in [5.74, 6) is 0.986. The van der Waals surface area contributed by atoms with E-state index >= 15 is 0 Å². The summed E-state index contributed by atoms with van der Waals surface area (Å²) >= 11 is 0. The third-order valence-electron chi connectivity index (χ3n) is 2.91. The predicted octanol–water partition coefficient (Wildman–Crippen LogP) is 0.260. The van der Waals surface area contributed by atoms with E-state index in [0.29, 0.717) is 23.0 Å². The van der Waals surface area contributed by atoms with E-state index < -0.39 is 10.0 Å². The number of rotatable bonds is 5. The van der Waals surface area contributed by atoms with Crippen LogP contribution < -0.4 is 10.5 Å². The van der Waals surface area contributed by atoms with Gasteiger partial charge in [0.05, 0.1) is 23.6 Å². The molecule has 0 saturated carbocycles. The lowest BCUT2D eigenvalue weighted by Gasteiger charge is -2.05. The first-order valence-electron chi connectivity index (χ1n) is 6.01. The molecule has 0 spiro atoms. The van der Waals surface area contributed by atoms with Gasteiger partial charge in [-0.3, -0.25) is 5.10 Å². The van der Waals surface area contributed by atoms with Crippen LogP contribution in [0.4, 0.5) is 0 Å². The molecule has 0 saturated heterocycles. The van der Waals surface area contributed by atoms with Crippen molar-refractivity contribution in [3.63, 3.8) is 0 Å². The minimum atomic E-state index is -3.72. The molecule has 0 bridgehead atoms. The Hall–Kier alpha value is -1.71. The zero-order chi connectivity index (χ0) is 14.9. The molecule has 9 heteroatoms. The van der Waals surface area contributed by atoms with Gasteiger partial charge in [-0.25, -0.2) is 18.1 Å². The number of aromatic nitrogens is 3. The van der Waals surface area contributed by atoms with Crippen molar-refractivity contribution in [2.45, 2.75) is 38.8 Å². The van der Waals surface area contributed by atoms with E-state index in [-0.39, 0.29) is 18.0 Å². The fourth-order valence-corrected chi connectivity index (χ4v) is 3.15. The van der Waals surface area contributed by atoms with Crippen LogP contribution in [0.15, 0.2) is 9.31 Å². The summed E-state index contributed by atoms with van der Waals surface area (Å²) in [5.41, 5.74) is 6.97. The number of oxazole rings is 1. The number of aromatic amines is 1. The summed E-state index contributed by atoms with van der Waals surface area (Å²) in [6.07, 6.45) is 0. The lowest BCUT2D eigenvalue weighted by Crippen LogP contribution is -2.25. The quantitative estimate of drug-likeness (QED) is 0.726. The zero-order valence-corrected chi connectivity index (χ0v) is 12.3. The van der Waals surface area contributed by atoms with Crippen molar-refractivity contribution >= 4 is 10.0 Å². The third-order valence-corrected chi connectivity index (χ3v) is 4.51. The Morgan fingerprint density at radius 2 is 2.05 bits per heavy atom. The van der Waals surface area contributed by atoms with E-state index in [9.17, 15) is 8.42 Å². The maximum absolute atomic E-state index is 12.3. The van der Waals surface area contributed by atoms with Gasteiger partial charge in [-0.05, 0) is 20.8 Å². The van der Waals surface area contributed by atoms with E-state index in [4.69, 9.17) is 10.2 Å². The molecule has 4 N–H and O–H groups in total. The van der Waals surface area contributed by atoms with E-state index in [1.807, 2.05) is 0 Å². The molecule has 2 aromatic rings. The summed E-state index contributed by atoms with van der Waals surface area (Å²) in [5, 5.41) is 6.48. The topological polar surface area (TPSA) is 127 Å². The molecule has 0 aliphatic carbocycles. The Kier molecular flexibility index (Phi) is 3.93. The number of hydrogen-bond acceptors (Lipinski definition) is 6.